The predicted molar refractivity (Wildman–Crippen MR) is 81.8 cm³/mol. The van der Waals surface area contributed by atoms with Crippen LogP contribution in [0, 0.1) is 0 Å². The van der Waals surface area contributed by atoms with Gasteiger partial charge in [0.05, 0.1) is 0 Å². The summed E-state index contributed by atoms with van der Waals surface area (Å²) in [5.41, 5.74) is 4.65. The fourth-order valence-electron chi connectivity index (χ4n) is 2.62. The topological polar surface area (TPSA) is 69.8 Å². The molecule has 0 aromatic heterocycles. The molecule has 0 aliphatic carbocycles. The van der Waals surface area contributed by atoms with E-state index in [9.17, 15) is 4.79 Å². The minimum Gasteiger partial charge on any atom is -0.480 e. The number of carboxylic acid groups (broad SMARTS) is 1. The third kappa shape index (κ3) is 5.38. The zero-order valence-electron chi connectivity index (χ0n) is 13.3. The molecule has 0 aromatic rings. The van der Waals surface area contributed by atoms with Crippen molar-refractivity contribution in [3.8, 4) is 0 Å². The van der Waals surface area contributed by atoms with Gasteiger partial charge in [-0.1, -0.05) is 6.92 Å². The van der Waals surface area contributed by atoms with Crippen LogP contribution in [-0.2, 0) is 4.79 Å². The van der Waals surface area contributed by atoms with Gasteiger partial charge in [0.15, 0.2) is 0 Å². The van der Waals surface area contributed by atoms with Crippen molar-refractivity contribution in [2.45, 2.75) is 58.0 Å². The van der Waals surface area contributed by atoms with E-state index in [0.29, 0.717) is 12.5 Å². The molecule has 5 nitrogen and oxygen atoms in total. The Morgan fingerprint density at radius 3 is 2.40 bits per heavy atom. The summed E-state index contributed by atoms with van der Waals surface area (Å²) in [4.78, 5) is 15.9. The van der Waals surface area contributed by atoms with Crippen LogP contribution in [0.5, 0.6) is 0 Å². The first-order valence-corrected chi connectivity index (χ1v) is 7.85. The minimum atomic E-state index is -1.07. The van der Waals surface area contributed by atoms with Gasteiger partial charge in [0, 0.05) is 32.2 Å². The molecule has 1 saturated heterocycles. The average molecular weight is 285 g/mol. The van der Waals surface area contributed by atoms with Gasteiger partial charge in [-0.2, -0.15) is 0 Å². The maximum Gasteiger partial charge on any atom is 0.323 e. The van der Waals surface area contributed by atoms with Crippen molar-refractivity contribution in [3.05, 3.63) is 0 Å². The second kappa shape index (κ2) is 7.96. The Balaban J connectivity index is 2.15. The van der Waals surface area contributed by atoms with Crippen molar-refractivity contribution in [1.82, 2.24) is 9.80 Å². The second-order valence-electron chi connectivity index (χ2n) is 6.31. The van der Waals surface area contributed by atoms with Crippen molar-refractivity contribution in [1.29, 1.82) is 0 Å². The average Bonchev–Trinajstić information content (AvgIpc) is 2.43. The summed E-state index contributed by atoms with van der Waals surface area (Å²) in [5.74, 6) is -0.903. The van der Waals surface area contributed by atoms with Crippen LogP contribution in [-0.4, -0.2) is 65.2 Å². The summed E-state index contributed by atoms with van der Waals surface area (Å²) < 4.78 is 0. The summed E-state index contributed by atoms with van der Waals surface area (Å²) in [7, 11) is 0. The number of carbonyl (C=O) groups is 1. The highest BCUT2D eigenvalue weighted by atomic mass is 16.4. The highest BCUT2D eigenvalue weighted by molar-refractivity contribution is 5.77. The van der Waals surface area contributed by atoms with Gasteiger partial charge in [0.25, 0.3) is 0 Å². The van der Waals surface area contributed by atoms with E-state index < -0.39 is 11.5 Å². The monoisotopic (exact) mass is 285 g/mol. The zero-order valence-corrected chi connectivity index (χ0v) is 13.3. The van der Waals surface area contributed by atoms with Crippen LogP contribution >= 0.6 is 0 Å². The van der Waals surface area contributed by atoms with E-state index in [1.54, 1.807) is 6.92 Å². The molecule has 1 rings (SSSR count). The lowest BCUT2D eigenvalue weighted by Crippen LogP contribution is -2.49. The molecule has 1 fully saturated rings. The van der Waals surface area contributed by atoms with Gasteiger partial charge in [0.2, 0.25) is 0 Å². The summed E-state index contributed by atoms with van der Waals surface area (Å²) in [5, 5.41) is 8.95. The van der Waals surface area contributed by atoms with Gasteiger partial charge in [0.1, 0.15) is 5.54 Å². The number of unbranched alkanes of at least 4 members (excludes halogenated alkanes) is 1. The van der Waals surface area contributed by atoms with Crippen molar-refractivity contribution >= 4 is 5.97 Å². The Kier molecular flexibility index (Phi) is 6.92. The molecule has 20 heavy (non-hydrogen) atoms. The van der Waals surface area contributed by atoms with Gasteiger partial charge in [-0.15, -0.1) is 0 Å². The van der Waals surface area contributed by atoms with E-state index in [0.717, 1.165) is 45.6 Å². The number of carboxylic acids is 1. The molecular formula is C15H31N3O2. The number of hydrogen-bond acceptors (Lipinski definition) is 4. The molecule has 1 aliphatic heterocycles. The molecule has 0 aromatic carbocycles. The van der Waals surface area contributed by atoms with E-state index in [2.05, 4.69) is 23.6 Å². The molecule has 5 heteroatoms. The summed E-state index contributed by atoms with van der Waals surface area (Å²) >= 11 is 0. The largest absolute Gasteiger partial charge is 0.480 e. The number of nitrogens with two attached hydrogens (primary N) is 1. The molecule has 118 valence electrons. The standard InChI is InChI=1S/C15H31N3O2/c1-4-13(2)18-11-9-17(10-12-18)8-6-5-7-15(3,16)14(19)20/h13H,4-12,16H2,1-3H3,(H,19,20). The van der Waals surface area contributed by atoms with Crippen molar-refractivity contribution in [2.24, 2.45) is 5.73 Å². The molecule has 0 saturated carbocycles. The summed E-state index contributed by atoms with van der Waals surface area (Å²) in [6, 6.07) is 0.686. The lowest BCUT2D eigenvalue weighted by Gasteiger charge is -2.37. The van der Waals surface area contributed by atoms with E-state index in [4.69, 9.17) is 10.8 Å². The smallest absolute Gasteiger partial charge is 0.323 e. The lowest BCUT2D eigenvalue weighted by molar-refractivity contribution is -0.142. The predicted octanol–water partition coefficient (Wildman–Crippen LogP) is 1.37. The molecule has 0 spiro atoms. The number of nitrogens with zero attached hydrogens (tertiary/aromatic N) is 2. The minimum absolute atomic E-state index is 0.551. The summed E-state index contributed by atoms with van der Waals surface area (Å²) in [6.07, 6.45) is 3.67. The van der Waals surface area contributed by atoms with Crippen LogP contribution in [0.15, 0.2) is 0 Å². The number of piperazine rings is 1. The highest BCUT2D eigenvalue weighted by Crippen LogP contribution is 2.13. The molecule has 0 bridgehead atoms. The first-order chi connectivity index (χ1) is 9.36. The normalized spacial score (nSPS) is 22.4. The Hall–Kier alpha value is -0.650. The van der Waals surface area contributed by atoms with Gasteiger partial charge >= 0.3 is 5.97 Å². The van der Waals surface area contributed by atoms with Gasteiger partial charge < -0.3 is 15.7 Å². The molecule has 3 N–H and O–H groups in total. The Labute approximate surface area is 123 Å². The van der Waals surface area contributed by atoms with Crippen LogP contribution in [0.25, 0.3) is 0 Å². The fourth-order valence-corrected chi connectivity index (χ4v) is 2.62. The first-order valence-electron chi connectivity index (χ1n) is 7.85. The van der Waals surface area contributed by atoms with E-state index in [-0.39, 0.29) is 0 Å². The van der Waals surface area contributed by atoms with Crippen molar-refractivity contribution in [3.63, 3.8) is 0 Å². The summed E-state index contributed by atoms with van der Waals surface area (Å²) in [6.45, 7) is 11.8. The Morgan fingerprint density at radius 2 is 1.90 bits per heavy atom. The molecule has 1 aliphatic rings. The number of aliphatic carboxylic acids is 1. The zero-order chi connectivity index (χ0) is 15.2. The highest BCUT2D eigenvalue weighted by Gasteiger charge is 2.27. The van der Waals surface area contributed by atoms with Crippen LogP contribution in [0.4, 0.5) is 0 Å². The van der Waals surface area contributed by atoms with Crippen LogP contribution in [0.3, 0.4) is 0 Å². The lowest BCUT2D eigenvalue weighted by atomic mass is 9.96. The fraction of sp³-hybridized carbons (Fsp3) is 0.933. The SMILES string of the molecule is CCC(C)N1CCN(CCCCC(C)(N)C(=O)O)CC1. The third-order valence-corrected chi connectivity index (χ3v) is 4.53. The molecule has 0 radical (unpaired) electrons. The maximum atomic E-state index is 10.9. The van der Waals surface area contributed by atoms with E-state index in [1.807, 2.05) is 0 Å². The van der Waals surface area contributed by atoms with Crippen molar-refractivity contribution in [2.75, 3.05) is 32.7 Å². The van der Waals surface area contributed by atoms with Crippen LogP contribution in [0.1, 0.15) is 46.5 Å². The van der Waals surface area contributed by atoms with Gasteiger partial charge in [-0.05, 0) is 46.1 Å². The van der Waals surface area contributed by atoms with E-state index >= 15 is 0 Å². The Morgan fingerprint density at radius 1 is 1.30 bits per heavy atom. The Bertz CT molecular complexity index is 299. The quantitative estimate of drug-likeness (QED) is 0.659. The van der Waals surface area contributed by atoms with Crippen LogP contribution in [0.2, 0.25) is 0 Å². The van der Waals surface area contributed by atoms with E-state index in [1.165, 1.54) is 6.42 Å². The van der Waals surface area contributed by atoms with Gasteiger partial charge in [-0.3, -0.25) is 9.69 Å². The van der Waals surface area contributed by atoms with Crippen LogP contribution < -0.4 is 5.73 Å². The third-order valence-electron chi connectivity index (χ3n) is 4.53. The van der Waals surface area contributed by atoms with Gasteiger partial charge in [-0.25, -0.2) is 0 Å². The molecular weight excluding hydrogens is 254 g/mol. The molecule has 2 unspecified atom stereocenters. The first kappa shape index (κ1) is 17.4. The molecule has 1 heterocycles. The molecule has 2 atom stereocenters. The number of rotatable bonds is 8. The number of hydrogen-bond donors (Lipinski definition) is 2. The van der Waals surface area contributed by atoms with Crippen molar-refractivity contribution < 1.29 is 9.90 Å². The molecule has 0 amide bonds. The second-order valence-corrected chi connectivity index (χ2v) is 6.31. The maximum absolute atomic E-state index is 10.9.